The van der Waals surface area contributed by atoms with Crippen molar-refractivity contribution in [1.29, 1.82) is 0 Å². The minimum absolute atomic E-state index is 0. The summed E-state index contributed by atoms with van der Waals surface area (Å²) < 4.78 is 33.7. The van der Waals surface area contributed by atoms with Gasteiger partial charge in [0, 0.05) is 6.54 Å². The summed E-state index contributed by atoms with van der Waals surface area (Å²) in [6.07, 6.45) is 1.83. The number of esters is 1. The van der Waals surface area contributed by atoms with E-state index in [0.717, 1.165) is 0 Å². The zero-order chi connectivity index (χ0) is 13.3. The van der Waals surface area contributed by atoms with Gasteiger partial charge in [0.1, 0.15) is 0 Å². The van der Waals surface area contributed by atoms with Gasteiger partial charge in [0.2, 0.25) is 6.41 Å². The number of hydrogen-bond acceptors (Lipinski definition) is 5. The van der Waals surface area contributed by atoms with E-state index in [0.29, 0.717) is 6.41 Å². The number of amides is 1. The molecule has 0 rings (SSSR count). The van der Waals surface area contributed by atoms with Gasteiger partial charge in [0.15, 0.2) is 0 Å². The summed E-state index contributed by atoms with van der Waals surface area (Å²) in [6, 6.07) is 0. The maximum absolute atomic E-state index is 11.1. The van der Waals surface area contributed by atoms with Gasteiger partial charge in [-0.15, -0.1) is 0 Å². The van der Waals surface area contributed by atoms with E-state index in [4.69, 9.17) is 4.55 Å². The third kappa shape index (κ3) is 12.7. The van der Waals surface area contributed by atoms with Crippen LogP contribution in [-0.4, -0.2) is 101 Å². The molecule has 0 heterocycles. The Morgan fingerprint density at radius 3 is 2.50 bits per heavy atom. The quantitative estimate of drug-likeness (QED) is 0.196. The molecule has 0 aromatic carbocycles. The van der Waals surface area contributed by atoms with Crippen LogP contribution in [-0.2, 0) is 24.4 Å². The Morgan fingerprint density at radius 2 is 2.06 bits per heavy atom. The molecule has 0 saturated heterocycles. The standard InChI is InChI=1S/C9H15NO6S.K.H/c1-2-10(8-11)5-4-9(12)16-6-3-7-17(13,14)15;;/h2,8H,1,3-7H2,(H,13,14,15);;. The van der Waals surface area contributed by atoms with Gasteiger partial charge in [0.05, 0.1) is 18.8 Å². The van der Waals surface area contributed by atoms with Gasteiger partial charge < -0.3 is 9.64 Å². The summed E-state index contributed by atoms with van der Waals surface area (Å²) in [4.78, 5) is 22.6. The van der Waals surface area contributed by atoms with Crippen LogP contribution in [0.5, 0.6) is 0 Å². The van der Waals surface area contributed by atoms with Crippen molar-refractivity contribution in [3.63, 3.8) is 0 Å². The molecule has 0 unspecified atom stereocenters. The number of nitrogens with zero attached hydrogens (tertiary/aromatic N) is 1. The average Bonchev–Trinajstić information content (AvgIpc) is 2.24. The van der Waals surface area contributed by atoms with Crippen molar-refractivity contribution in [3.8, 4) is 0 Å². The second kappa shape index (κ2) is 11.1. The Morgan fingerprint density at radius 1 is 1.44 bits per heavy atom. The van der Waals surface area contributed by atoms with E-state index < -0.39 is 21.8 Å². The topological polar surface area (TPSA) is 101 Å². The van der Waals surface area contributed by atoms with Gasteiger partial charge in [-0.1, -0.05) is 6.58 Å². The number of hydrogen-bond donors (Lipinski definition) is 1. The molecule has 1 N–H and O–H groups in total. The molecule has 0 aliphatic rings. The average molecular weight is 305 g/mol. The first kappa shape index (κ1) is 20.5. The van der Waals surface area contributed by atoms with Crippen LogP contribution in [0.25, 0.3) is 0 Å². The Kier molecular flexibility index (Phi) is 12.7. The van der Waals surface area contributed by atoms with Crippen molar-refractivity contribution in [3.05, 3.63) is 12.8 Å². The second-order valence-electron chi connectivity index (χ2n) is 3.14. The van der Waals surface area contributed by atoms with Crippen LogP contribution in [0.3, 0.4) is 0 Å². The van der Waals surface area contributed by atoms with Gasteiger partial charge in [-0.05, 0) is 12.6 Å². The molecular weight excluding hydrogens is 289 g/mol. The monoisotopic (exact) mass is 305 g/mol. The SMILES string of the molecule is C=CN(C=O)CCC(=O)OCCCS(=O)(=O)O.[KH]. The van der Waals surface area contributed by atoms with Crippen molar-refractivity contribution in [1.82, 2.24) is 4.90 Å². The molecule has 0 atom stereocenters. The van der Waals surface area contributed by atoms with Crippen LogP contribution >= 0.6 is 0 Å². The Balaban J connectivity index is 0. The van der Waals surface area contributed by atoms with Crippen molar-refractivity contribution in [2.45, 2.75) is 12.8 Å². The van der Waals surface area contributed by atoms with Crippen molar-refractivity contribution in [2.75, 3.05) is 18.9 Å². The van der Waals surface area contributed by atoms with E-state index in [1.165, 1.54) is 11.1 Å². The molecule has 9 heteroatoms. The van der Waals surface area contributed by atoms with Crippen LogP contribution in [0.1, 0.15) is 12.8 Å². The first-order chi connectivity index (χ1) is 7.89. The van der Waals surface area contributed by atoms with Gasteiger partial charge in [-0.25, -0.2) is 0 Å². The van der Waals surface area contributed by atoms with E-state index in [2.05, 4.69) is 11.3 Å². The van der Waals surface area contributed by atoms with Crippen molar-refractivity contribution in [2.24, 2.45) is 0 Å². The number of rotatable bonds is 9. The van der Waals surface area contributed by atoms with Crippen LogP contribution in [0.4, 0.5) is 0 Å². The maximum atomic E-state index is 11.1. The third-order valence-electron chi connectivity index (χ3n) is 1.75. The molecule has 0 fully saturated rings. The molecule has 0 saturated carbocycles. The van der Waals surface area contributed by atoms with E-state index in [1.807, 2.05) is 0 Å². The van der Waals surface area contributed by atoms with Gasteiger partial charge in [-0.3, -0.25) is 14.1 Å². The fourth-order valence-corrected chi connectivity index (χ4v) is 1.39. The van der Waals surface area contributed by atoms with Crippen molar-refractivity contribution < 1.29 is 27.3 Å². The molecule has 0 aliphatic heterocycles. The summed E-state index contributed by atoms with van der Waals surface area (Å²) in [5, 5.41) is 0. The van der Waals surface area contributed by atoms with Crippen LogP contribution < -0.4 is 0 Å². The van der Waals surface area contributed by atoms with E-state index in [1.54, 1.807) is 0 Å². The summed E-state index contributed by atoms with van der Waals surface area (Å²) in [5.74, 6) is -0.998. The minimum atomic E-state index is -4.01. The number of carbonyl (C=O) groups excluding carboxylic acids is 2. The molecule has 100 valence electrons. The van der Waals surface area contributed by atoms with Crippen LogP contribution in [0.15, 0.2) is 12.8 Å². The molecule has 1 amide bonds. The van der Waals surface area contributed by atoms with E-state index in [9.17, 15) is 18.0 Å². The molecular formula is C9H16KNO6S. The van der Waals surface area contributed by atoms with Gasteiger partial charge in [0.25, 0.3) is 10.1 Å². The van der Waals surface area contributed by atoms with E-state index >= 15 is 0 Å². The van der Waals surface area contributed by atoms with Crippen molar-refractivity contribution >= 4 is 73.9 Å². The molecule has 0 radical (unpaired) electrons. The first-order valence-electron chi connectivity index (χ1n) is 4.83. The van der Waals surface area contributed by atoms with Gasteiger partial charge in [-0.2, -0.15) is 8.42 Å². The van der Waals surface area contributed by atoms with Gasteiger partial charge >= 0.3 is 57.4 Å². The van der Waals surface area contributed by atoms with Crippen LogP contribution in [0, 0.1) is 0 Å². The summed E-state index contributed by atoms with van der Waals surface area (Å²) in [7, 11) is -4.01. The zero-order valence-electron chi connectivity index (χ0n) is 9.24. The second-order valence-corrected chi connectivity index (χ2v) is 4.71. The zero-order valence-corrected chi connectivity index (χ0v) is 10.1. The molecule has 7 nitrogen and oxygen atoms in total. The molecule has 0 bridgehead atoms. The fourth-order valence-electron chi connectivity index (χ4n) is 0.907. The number of carbonyl (C=O) groups is 2. The molecule has 0 aromatic rings. The Bertz CT molecular complexity index is 361. The molecule has 0 aliphatic carbocycles. The molecule has 18 heavy (non-hydrogen) atoms. The van der Waals surface area contributed by atoms with Crippen LogP contribution in [0.2, 0.25) is 0 Å². The summed E-state index contributed by atoms with van der Waals surface area (Å²) in [6.45, 7) is 3.43. The van der Waals surface area contributed by atoms with E-state index in [-0.39, 0.29) is 77.4 Å². The fraction of sp³-hybridized carbons (Fsp3) is 0.556. The number of ether oxygens (including phenoxy) is 1. The molecule has 0 spiro atoms. The summed E-state index contributed by atoms with van der Waals surface area (Å²) >= 11 is 0. The Labute approximate surface area is 149 Å². The third-order valence-corrected chi connectivity index (χ3v) is 2.56. The summed E-state index contributed by atoms with van der Waals surface area (Å²) in [5.41, 5.74) is 0. The predicted molar refractivity (Wildman–Crippen MR) is 66.7 cm³/mol. The predicted octanol–water partition coefficient (Wildman–Crippen LogP) is -0.849. The normalized spacial score (nSPS) is 10.1. The Hall–Kier alpha value is 0.226. The first-order valence-corrected chi connectivity index (χ1v) is 6.44. The molecule has 0 aromatic heterocycles.